The van der Waals surface area contributed by atoms with Crippen LogP contribution in [0.3, 0.4) is 0 Å². The fraction of sp³-hybridized carbons (Fsp3) is 0.214. The van der Waals surface area contributed by atoms with E-state index in [-0.39, 0.29) is 5.75 Å². The number of carboxylic acid groups (broad SMARTS) is 2. The van der Waals surface area contributed by atoms with Crippen LogP contribution in [0.5, 0.6) is 5.75 Å². The molecule has 0 aromatic heterocycles. The molecular weight excluding hydrogens is 264 g/mol. The van der Waals surface area contributed by atoms with E-state index in [9.17, 15) is 14.4 Å². The van der Waals surface area contributed by atoms with E-state index in [1.807, 2.05) is 0 Å². The average Bonchev–Trinajstić information content (AvgIpc) is 2.38. The second-order valence-corrected chi connectivity index (χ2v) is 4.38. The highest BCUT2D eigenvalue weighted by Gasteiger charge is 2.42. The molecule has 0 aliphatic carbocycles. The number of benzene rings is 1. The van der Waals surface area contributed by atoms with Crippen molar-refractivity contribution in [2.45, 2.75) is 13.3 Å². The van der Waals surface area contributed by atoms with Gasteiger partial charge in [0.05, 0.1) is 6.42 Å². The SMILES string of the molecule is C=C(C(=O)O)C(C)(CC(=O)Oc1ccccc1)C(=O)O. The lowest BCUT2D eigenvalue weighted by Gasteiger charge is -2.23. The highest BCUT2D eigenvalue weighted by molar-refractivity contribution is 5.98. The normalized spacial score (nSPS) is 13.1. The zero-order valence-electron chi connectivity index (χ0n) is 10.8. The predicted octanol–water partition coefficient (Wildman–Crippen LogP) is 1.71. The van der Waals surface area contributed by atoms with Gasteiger partial charge in [-0.1, -0.05) is 24.8 Å². The Hall–Kier alpha value is -2.63. The van der Waals surface area contributed by atoms with Gasteiger partial charge in [0, 0.05) is 5.57 Å². The van der Waals surface area contributed by atoms with E-state index in [1.54, 1.807) is 18.2 Å². The molecule has 20 heavy (non-hydrogen) atoms. The molecule has 0 radical (unpaired) electrons. The zero-order valence-corrected chi connectivity index (χ0v) is 10.8. The molecule has 2 N–H and O–H groups in total. The Balaban J connectivity index is 2.86. The lowest BCUT2D eigenvalue weighted by Crippen LogP contribution is -2.36. The minimum absolute atomic E-state index is 0.256. The summed E-state index contributed by atoms with van der Waals surface area (Å²) in [5, 5.41) is 18.0. The van der Waals surface area contributed by atoms with Gasteiger partial charge in [-0.2, -0.15) is 0 Å². The van der Waals surface area contributed by atoms with Gasteiger partial charge >= 0.3 is 17.9 Å². The van der Waals surface area contributed by atoms with Crippen molar-refractivity contribution < 1.29 is 29.3 Å². The third kappa shape index (κ3) is 3.44. The van der Waals surface area contributed by atoms with E-state index < -0.39 is 35.3 Å². The van der Waals surface area contributed by atoms with E-state index >= 15 is 0 Å². The van der Waals surface area contributed by atoms with Crippen LogP contribution < -0.4 is 4.74 Å². The Morgan fingerprint density at radius 3 is 2.20 bits per heavy atom. The van der Waals surface area contributed by atoms with E-state index in [4.69, 9.17) is 14.9 Å². The zero-order chi connectivity index (χ0) is 15.3. The first-order valence-electron chi connectivity index (χ1n) is 5.69. The first kappa shape index (κ1) is 15.4. The van der Waals surface area contributed by atoms with Crippen LogP contribution in [0.25, 0.3) is 0 Å². The summed E-state index contributed by atoms with van der Waals surface area (Å²) >= 11 is 0. The van der Waals surface area contributed by atoms with Crippen molar-refractivity contribution in [2.24, 2.45) is 5.41 Å². The maximum absolute atomic E-state index is 11.7. The predicted molar refractivity (Wildman–Crippen MR) is 69.2 cm³/mol. The molecule has 0 bridgehead atoms. The van der Waals surface area contributed by atoms with Crippen molar-refractivity contribution in [3.63, 3.8) is 0 Å². The maximum atomic E-state index is 11.7. The molecule has 1 aromatic rings. The maximum Gasteiger partial charge on any atom is 0.332 e. The number of carboxylic acids is 2. The minimum atomic E-state index is -1.92. The Bertz CT molecular complexity index is 548. The van der Waals surface area contributed by atoms with Gasteiger partial charge in [-0.3, -0.25) is 9.59 Å². The molecule has 6 heteroatoms. The van der Waals surface area contributed by atoms with Crippen LogP contribution in [0.4, 0.5) is 0 Å². The van der Waals surface area contributed by atoms with E-state index in [1.165, 1.54) is 12.1 Å². The van der Waals surface area contributed by atoms with Crippen LogP contribution in [-0.4, -0.2) is 28.1 Å². The Morgan fingerprint density at radius 1 is 1.20 bits per heavy atom. The van der Waals surface area contributed by atoms with Gasteiger partial charge in [-0.25, -0.2) is 4.79 Å². The fourth-order valence-electron chi connectivity index (χ4n) is 1.49. The number of esters is 1. The van der Waals surface area contributed by atoms with Crippen LogP contribution in [0.15, 0.2) is 42.5 Å². The number of aliphatic carboxylic acids is 2. The summed E-state index contributed by atoms with van der Waals surface area (Å²) in [4.78, 5) is 33.8. The van der Waals surface area contributed by atoms with Crippen LogP contribution in [0.2, 0.25) is 0 Å². The molecule has 0 fully saturated rings. The number of para-hydroxylation sites is 1. The molecular formula is C14H14O6. The molecule has 106 valence electrons. The summed E-state index contributed by atoms with van der Waals surface area (Å²) in [5.41, 5.74) is -2.49. The van der Waals surface area contributed by atoms with Gasteiger partial charge < -0.3 is 14.9 Å². The molecule has 6 nitrogen and oxygen atoms in total. The summed E-state index contributed by atoms with van der Waals surface area (Å²) in [6.07, 6.45) is -0.623. The summed E-state index contributed by atoms with van der Waals surface area (Å²) in [6.45, 7) is 4.34. The highest BCUT2D eigenvalue weighted by atomic mass is 16.5. The molecule has 0 aliphatic heterocycles. The van der Waals surface area contributed by atoms with Crippen LogP contribution in [0.1, 0.15) is 13.3 Å². The third-order valence-electron chi connectivity index (χ3n) is 2.87. The van der Waals surface area contributed by atoms with Gasteiger partial charge in [0.25, 0.3) is 0 Å². The van der Waals surface area contributed by atoms with E-state index in [0.29, 0.717) is 0 Å². The largest absolute Gasteiger partial charge is 0.481 e. The molecule has 0 saturated heterocycles. The fourth-order valence-corrected chi connectivity index (χ4v) is 1.49. The first-order chi connectivity index (χ1) is 9.27. The number of hydrogen-bond donors (Lipinski definition) is 2. The quantitative estimate of drug-likeness (QED) is 0.466. The van der Waals surface area contributed by atoms with Crippen LogP contribution >= 0.6 is 0 Å². The molecule has 0 spiro atoms. The van der Waals surface area contributed by atoms with Gasteiger partial charge in [0.15, 0.2) is 0 Å². The lowest BCUT2D eigenvalue weighted by molar-refractivity contribution is -0.153. The lowest BCUT2D eigenvalue weighted by atomic mass is 9.80. The van der Waals surface area contributed by atoms with Crippen molar-refractivity contribution in [2.75, 3.05) is 0 Å². The second-order valence-electron chi connectivity index (χ2n) is 4.38. The number of ether oxygens (including phenoxy) is 1. The van der Waals surface area contributed by atoms with Gasteiger partial charge in [0.1, 0.15) is 11.2 Å². The molecule has 1 unspecified atom stereocenters. The molecule has 0 aliphatic rings. The first-order valence-corrected chi connectivity index (χ1v) is 5.69. The minimum Gasteiger partial charge on any atom is -0.481 e. The Labute approximate surface area is 115 Å². The van der Waals surface area contributed by atoms with Crippen molar-refractivity contribution in [3.05, 3.63) is 42.5 Å². The van der Waals surface area contributed by atoms with Crippen molar-refractivity contribution >= 4 is 17.9 Å². The molecule has 0 saturated carbocycles. The number of carbonyl (C=O) groups excluding carboxylic acids is 1. The summed E-state index contributed by atoms with van der Waals surface area (Å²) in [6, 6.07) is 8.08. The Kier molecular flexibility index (Phi) is 4.63. The van der Waals surface area contributed by atoms with Gasteiger partial charge in [-0.15, -0.1) is 0 Å². The summed E-state index contributed by atoms with van der Waals surface area (Å²) < 4.78 is 4.95. The van der Waals surface area contributed by atoms with Crippen molar-refractivity contribution in [1.82, 2.24) is 0 Å². The molecule has 1 rings (SSSR count). The summed E-state index contributed by atoms with van der Waals surface area (Å²) in [7, 11) is 0. The monoisotopic (exact) mass is 278 g/mol. The summed E-state index contributed by atoms with van der Waals surface area (Å²) in [5.74, 6) is -3.51. The van der Waals surface area contributed by atoms with Crippen LogP contribution in [-0.2, 0) is 14.4 Å². The van der Waals surface area contributed by atoms with E-state index in [0.717, 1.165) is 6.92 Å². The van der Waals surface area contributed by atoms with Gasteiger partial charge in [-0.05, 0) is 19.1 Å². The van der Waals surface area contributed by atoms with E-state index in [2.05, 4.69) is 6.58 Å². The topological polar surface area (TPSA) is 101 Å². The highest BCUT2D eigenvalue weighted by Crippen LogP contribution is 2.31. The number of carbonyl (C=O) groups is 3. The molecule has 1 atom stereocenters. The molecule has 0 heterocycles. The second kappa shape index (κ2) is 6.01. The van der Waals surface area contributed by atoms with Gasteiger partial charge in [0.2, 0.25) is 0 Å². The molecule has 1 aromatic carbocycles. The number of hydrogen-bond acceptors (Lipinski definition) is 4. The van der Waals surface area contributed by atoms with Crippen molar-refractivity contribution in [1.29, 1.82) is 0 Å². The standard InChI is InChI=1S/C14H14O6/c1-9(12(16)17)14(2,13(18)19)8-11(15)20-10-6-4-3-5-7-10/h3-7H,1,8H2,2H3,(H,16,17)(H,18,19). The average molecular weight is 278 g/mol. The smallest absolute Gasteiger partial charge is 0.332 e. The number of rotatable bonds is 6. The third-order valence-corrected chi connectivity index (χ3v) is 2.87. The van der Waals surface area contributed by atoms with Crippen molar-refractivity contribution in [3.8, 4) is 5.75 Å². The van der Waals surface area contributed by atoms with Crippen LogP contribution in [0, 0.1) is 5.41 Å². The molecule has 0 amide bonds. The Morgan fingerprint density at radius 2 is 1.75 bits per heavy atom.